The molecule has 0 bridgehead atoms. The van der Waals surface area contributed by atoms with E-state index >= 15 is 0 Å². The molecule has 0 spiro atoms. The van der Waals surface area contributed by atoms with Gasteiger partial charge in [0.25, 0.3) is 5.91 Å². The number of benzene rings is 1. The Balaban J connectivity index is 1.55. The van der Waals surface area contributed by atoms with Crippen LogP contribution >= 0.6 is 21.9 Å². The minimum Gasteiger partial charge on any atom is -0.490 e. The Morgan fingerprint density at radius 1 is 1.17 bits per heavy atom. The number of rotatable bonds is 6. The number of carbonyl (C=O) groups is 1. The quantitative estimate of drug-likeness (QED) is 0.338. The largest absolute Gasteiger partial charge is 0.490 e. The van der Waals surface area contributed by atoms with Crippen LogP contribution in [0.25, 0.3) is 10.6 Å². The van der Waals surface area contributed by atoms with Crippen LogP contribution in [-0.2, 0) is 6.18 Å². The molecular formula is C24H26F3N3O4S2. The predicted octanol–water partition coefficient (Wildman–Crippen LogP) is 6.32. The van der Waals surface area contributed by atoms with Gasteiger partial charge in [0.05, 0.1) is 6.04 Å². The van der Waals surface area contributed by atoms with E-state index in [1.165, 1.54) is 17.4 Å². The molecule has 0 aliphatic carbocycles. The maximum Gasteiger partial charge on any atom is 0.433 e. The van der Waals surface area contributed by atoms with Crippen LogP contribution < -0.4 is 10.1 Å². The van der Waals surface area contributed by atoms with Crippen LogP contribution in [0.4, 0.5) is 13.2 Å². The topological polar surface area (TPSA) is 105 Å². The van der Waals surface area contributed by atoms with Crippen molar-refractivity contribution in [3.05, 3.63) is 64.4 Å². The number of nitrogens with zero attached hydrogens (tertiary/aromatic N) is 2. The lowest BCUT2D eigenvalue weighted by Gasteiger charge is -2.39. The Bertz CT molecular complexity index is 1220. The van der Waals surface area contributed by atoms with E-state index in [2.05, 4.69) is 15.3 Å². The van der Waals surface area contributed by atoms with Gasteiger partial charge in [0.15, 0.2) is 0 Å². The summed E-state index contributed by atoms with van der Waals surface area (Å²) in [7, 11) is -2.55. The maximum atomic E-state index is 13.1. The summed E-state index contributed by atoms with van der Waals surface area (Å²) in [5, 5.41) is 3.51. The van der Waals surface area contributed by atoms with E-state index in [0.29, 0.717) is 40.3 Å². The Kier molecular flexibility index (Phi) is 7.60. The van der Waals surface area contributed by atoms with Gasteiger partial charge in [0.1, 0.15) is 22.6 Å². The Hall–Kier alpha value is -2.67. The first-order valence-corrected chi connectivity index (χ1v) is 13.9. The van der Waals surface area contributed by atoms with Gasteiger partial charge in [0, 0.05) is 52.7 Å². The number of hydrogen-bond acceptors (Lipinski definition) is 7. The number of alkyl halides is 3. The van der Waals surface area contributed by atoms with Crippen LogP contribution in [0.2, 0.25) is 0 Å². The lowest BCUT2D eigenvalue weighted by molar-refractivity contribution is -0.141. The fraction of sp³-hybridized carbons (Fsp3) is 0.375. The van der Waals surface area contributed by atoms with E-state index in [4.69, 9.17) is 4.74 Å². The van der Waals surface area contributed by atoms with E-state index in [9.17, 15) is 27.1 Å². The van der Waals surface area contributed by atoms with Gasteiger partial charge in [-0.3, -0.25) is 18.9 Å². The number of ether oxygens (including phenoxy) is 1. The van der Waals surface area contributed by atoms with Crippen molar-refractivity contribution in [1.82, 2.24) is 15.3 Å². The molecule has 1 saturated heterocycles. The van der Waals surface area contributed by atoms with E-state index < -0.39 is 34.4 Å². The number of aromatic nitrogens is 2. The summed E-state index contributed by atoms with van der Waals surface area (Å²) < 4.78 is 64.3. The number of carbonyl (C=O) groups excluding carboxylic acids is 1. The highest BCUT2D eigenvalue weighted by Crippen LogP contribution is 2.44. The second kappa shape index (κ2) is 10.4. The monoisotopic (exact) mass is 541 g/mol. The summed E-state index contributed by atoms with van der Waals surface area (Å²) in [4.78, 5) is 22.0. The molecule has 0 unspecified atom stereocenters. The van der Waals surface area contributed by atoms with E-state index in [0.717, 1.165) is 17.1 Å². The molecule has 12 heteroatoms. The summed E-state index contributed by atoms with van der Waals surface area (Å²) in [6.07, 6.45) is -0.939. The lowest BCUT2D eigenvalue weighted by Crippen LogP contribution is -2.29. The fourth-order valence-corrected chi connectivity index (χ4v) is 6.04. The molecule has 1 fully saturated rings. The maximum absolute atomic E-state index is 13.1. The third-order valence-corrected chi connectivity index (χ3v) is 8.54. The fourth-order valence-electron chi connectivity index (χ4n) is 3.80. The van der Waals surface area contributed by atoms with Crippen LogP contribution in [0.15, 0.2) is 42.7 Å². The van der Waals surface area contributed by atoms with Crippen LogP contribution in [0, 0.1) is 6.92 Å². The molecule has 0 radical (unpaired) electrons. The van der Waals surface area contributed by atoms with Crippen LogP contribution in [0.5, 0.6) is 5.75 Å². The molecule has 1 aliphatic heterocycles. The molecule has 1 amide bonds. The third kappa shape index (κ3) is 6.55. The summed E-state index contributed by atoms with van der Waals surface area (Å²) in [6.45, 7) is 3.59. The molecule has 2 aromatic heterocycles. The van der Waals surface area contributed by atoms with Gasteiger partial charge in [-0.25, -0.2) is 4.98 Å². The second-order valence-corrected chi connectivity index (χ2v) is 12.4. The molecule has 1 aromatic carbocycles. The highest BCUT2D eigenvalue weighted by molar-refractivity contribution is 8.24. The number of aryl methyl sites for hydroxylation is 1. The Labute approximate surface area is 212 Å². The zero-order chi connectivity index (χ0) is 26.1. The standard InChI is InChI=1S/C24H26F3N3O4S2/c1-14-12-29-23(35-14)18-9-17(10-20(11-18)34-19-5-7-36(32,33)8-6-19)22(31)30-15(2)16-3-4-21(28-13-16)24(25,26)27/h3-4,9-13,15,19,32-33H,5-8H2,1-2H3,(H,30,31)/t15-/m1/s1. The molecular weight excluding hydrogens is 515 g/mol. The Morgan fingerprint density at radius 2 is 1.89 bits per heavy atom. The van der Waals surface area contributed by atoms with Crippen molar-refractivity contribution in [1.29, 1.82) is 0 Å². The molecule has 4 rings (SSSR count). The highest BCUT2D eigenvalue weighted by atomic mass is 32.3. The van der Waals surface area contributed by atoms with Crippen LogP contribution in [0.1, 0.15) is 52.3 Å². The van der Waals surface area contributed by atoms with Gasteiger partial charge in [-0.2, -0.15) is 23.8 Å². The molecule has 0 saturated carbocycles. The van der Waals surface area contributed by atoms with Gasteiger partial charge in [-0.05, 0) is 43.7 Å². The van der Waals surface area contributed by atoms with Crippen molar-refractivity contribution in [2.75, 3.05) is 11.5 Å². The van der Waals surface area contributed by atoms with Crippen molar-refractivity contribution >= 4 is 27.8 Å². The molecule has 1 aliphatic rings. The van der Waals surface area contributed by atoms with E-state index in [1.807, 2.05) is 6.92 Å². The lowest BCUT2D eigenvalue weighted by atomic mass is 10.1. The van der Waals surface area contributed by atoms with E-state index in [1.54, 1.807) is 31.3 Å². The highest BCUT2D eigenvalue weighted by Gasteiger charge is 2.32. The number of halogens is 3. The zero-order valence-corrected chi connectivity index (χ0v) is 21.2. The number of thiazole rings is 1. The average Bonchev–Trinajstić information content (AvgIpc) is 3.26. The predicted molar refractivity (Wildman–Crippen MR) is 134 cm³/mol. The first-order chi connectivity index (χ1) is 16.9. The van der Waals surface area contributed by atoms with Crippen molar-refractivity contribution in [2.24, 2.45) is 0 Å². The van der Waals surface area contributed by atoms with Crippen LogP contribution in [0.3, 0.4) is 0 Å². The van der Waals surface area contributed by atoms with Gasteiger partial charge < -0.3 is 10.1 Å². The van der Waals surface area contributed by atoms with Gasteiger partial charge in [0.2, 0.25) is 0 Å². The Morgan fingerprint density at radius 3 is 2.47 bits per heavy atom. The molecule has 3 aromatic rings. The smallest absolute Gasteiger partial charge is 0.433 e. The third-order valence-electron chi connectivity index (χ3n) is 5.80. The van der Waals surface area contributed by atoms with Crippen molar-refractivity contribution < 1.29 is 31.8 Å². The molecule has 36 heavy (non-hydrogen) atoms. The number of amides is 1. The summed E-state index contributed by atoms with van der Waals surface area (Å²) in [5.41, 5.74) is 0.435. The minimum atomic E-state index is -4.54. The van der Waals surface area contributed by atoms with Gasteiger partial charge in [-0.15, -0.1) is 11.3 Å². The molecule has 1 atom stereocenters. The number of pyridine rings is 1. The van der Waals surface area contributed by atoms with Crippen molar-refractivity contribution in [3.63, 3.8) is 0 Å². The van der Waals surface area contributed by atoms with Crippen molar-refractivity contribution in [3.8, 4) is 16.3 Å². The molecule has 7 nitrogen and oxygen atoms in total. The average molecular weight is 542 g/mol. The summed E-state index contributed by atoms with van der Waals surface area (Å²) >= 11 is 1.47. The van der Waals surface area contributed by atoms with Gasteiger partial charge >= 0.3 is 6.18 Å². The SMILES string of the molecule is Cc1cnc(-c2cc(OC3CCS(O)(O)CC3)cc(C(=O)N[C@H](C)c3ccc(C(F)(F)F)nc3)c2)s1. The summed E-state index contributed by atoms with van der Waals surface area (Å²) in [6, 6.07) is 6.67. The number of hydrogen-bond donors (Lipinski definition) is 3. The van der Waals surface area contributed by atoms with Gasteiger partial charge in [-0.1, -0.05) is 6.07 Å². The normalized spacial score (nSPS) is 17.9. The molecule has 3 heterocycles. The van der Waals surface area contributed by atoms with E-state index in [-0.39, 0.29) is 17.6 Å². The zero-order valence-electron chi connectivity index (χ0n) is 19.6. The molecule has 3 N–H and O–H groups in total. The van der Waals surface area contributed by atoms with Crippen LogP contribution in [-0.4, -0.2) is 42.6 Å². The number of nitrogens with one attached hydrogen (secondary N) is 1. The first-order valence-electron chi connectivity index (χ1n) is 11.2. The summed E-state index contributed by atoms with van der Waals surface area (Å²) in [5.74, 6) is 0.572. The minimum absolute atomic E-state index is 0.216. The second-order valence-electron chi connectivity index (χ2n) is 8.72. The van der Waals surface area contributed by atoms with Crippen molar-refractivity contribution in [2.45, 2.75) is 45.0 Å². The first kappa shape index (κ1) is 26.4. The molecule has 194 valence electrons.